The zero-order valence-corrected chi connectivity index (χ0v) is 12.4. The van der Waals surface area contributed by atoms with Crippen molar-refractivity contribution in [2.45, 2.75) is 25.3 Å². The van der Waals surface area contributed by atoms with E-state index in [0.29, 0.717) is 18.9 Å². The second kappa shape index (κ2) is 7.07. The van der Waals surface area contributed by atoms with Crippen LogP contribution in [0.25, 0.3) is 0 Å². The Balaban J connectivity index is 1.96. The molecule has 1 saturated heterocycles. The van der Waals surface area contributed by atoms with Crippen LogP contribution >= 0.6 is 11.6 Å². The SMILES string of the molecule is NCC(c1ccc(Cl)cc1)N1CCC(CC(N)=O)CC1. The number of likely N-dealkylation sites (tertiary alicyclic amines) is 1. The van der Waals surface area contributed by atoms with E-state index in [4.69, 9.17) is 23.1 Å². The molecule has 1 heterocycles. The highest BCUT2D eigenvalue weighted by Crippen LogP contribution is 2.28. The molecule has 0 bridgehead atoms. The van der Waals surface area contributed by atoms with Crippen LogP contribution in [-0.2, 0) is 4.79 Å². The van der Waals surface area contributed by atoms with Crippen molar-refractivity contribution in [3.05, 3.63) is 34.9 Å². The van der Waals surface area contributed by atoms with E-state index >= 15 is 0 Å². The Kier molecular flexibility index (Phi) is 5.40. The van der Waals surface area contributed by atoms with Crippen LogP contribution < -0.4 is 11.5 Å². The fourth-order valence-electron chi connectivity index (χ4n) is 2.93. The van der Waals surface area contributed by atoms with Crippen molar-refractivity contribution >= 4 is 17.5 Å². The summed E-state index contributed by atoms with van der Waals surface area (Å²) in [6.07, 6.45) is 2.52. The van der Waals surface area contributed by atoms with E-state index in [0.717, 1.165) is 31.0 Å². The molecule has 1 fully saturated rings. The summed E-state index contributed by atoms with van der Waals surface area (Å²) in [5, 5.41) is 0.740. The summed E-state index contributed by atoms with van der Waals surface area (Å²) in [7, 11) is 0. The number of hydrogen-bond acceptors (Lipinski definition) is 3. The quantitative estimate of drug-likeness (QED) is 0.872. The van der Waals surface area contributed by atoms with Gasteiger partial charge in [0.2, 0.25) is 5.91 Å². The number of halogens is 1. The molecule has 1 unspecified atom stereocenters. The molecular weight excluding hydrogens is 274 g/mol. The standard InChI is InChI=1S/C15H22ClN3O/c16-13-3-1-12(2-4-13)14(10-17)19-7-5-11(6-8-19)9-15(18)20/h1-4,11,14H,5-10,17H2,(H2,18,20). The minimum atomic E-state index is -0.198. The van der Waals surface area contributed by atoms with Crippen molar-refractivity contribution in [3.63, 3.8) is 0 Å². The van der Waals surface area contributed by atoms with E-state index in [9.17, 15) is 4.79 Å². The van der Waals surface area contributed by atoms with Crippen molar-refractivity contribution in [2.75, 3.05) is 19.6 Å². The zero-order valence-electron chi connectivity index (χ0n) is 11.6. The van der Waals surface area contributed by atoms with Gasteiger partial charge in [-0.25, -0.2) is 0 Å². The number of benzene rings is 1. The maximum atomic E-state index is 11.0. The van der Waals surface area contributed by atoms with Crippen LogP contribution in [0.3, 0.4) is 0 Å². The van der Waals surface area contributed by atoms with Gasteiger partial charge in [-0.3, -0.25) is 9.69 Å². The maximum absolute atomic E-state index is 11.0. The topological polar surface area (TPSA) is 72.3 Å². The van der Waals surface area contributed by atoms with E-state index in [-0.39, 0.29) is 11.9 Å². The molecule has 1 atom stereocenters. The normalized spacial score (nSPS) is 18.9. The Morgan fingerprint density at radius 3 is 2.40 bits per heavy atom. The maximum Gasteiger partial charge on any atom is 0.217 e. The number of nitrogens with two attached hydrogens (primary N) is 2. The molecule has 1 amide bonds. The monoisotopic (exact) mass is 295 g/mol. The van der Waals surface area contributed by atoms with Gasteiger partial charge in [0.15, 0.2) is 0 Å². The minimum Gasteiger partial charge on any atom is -0.370 e. The van der Waals surface area contributed by atoms with Crippen molar-refractivity contribution in [2.24, 2.45) is 17.4 Å². The lowest BCUT2D eigenvalue weighted by Crippen LogP contribution is -2.40. The van der Waals surface area contributed by atoms with Crippen LogP contribution in [0.1, 0.15) is 30.9 Å². The lowest BCUT2D eigenvalue weighted by Gasteiger charge is -2.37. The second-order valence-corrected chi connectivity index (χ2v) is 5.89. The number of hydrogen-bond donors (Lipinski definition) is 2. The molecule has 1 aliphatic rings. The van der Waals surface area contributed by atoms with Crippen LogP contribution in [0.5, 0.6) is 0 Å². The molecule has 4 nitrogen and oxygen atoms in total. The fraction of sp³-hybridized carbons (Fsp3) is 0.533. The van der Waals surface area contributed by atoms with Gasteiger partial charge in [-0.2, -0.15) is 0 Å². The van der Waals surface area contributed by atoms with Crippen LogP contribution in [0.15, 0.2) is 24.3 Å². The van der Waals surface area contributed by atoms with Crippen molar-refractivity contribution in [1.29, 1.82) is 0 Å². The van der Waals surface area contributed by atoms with Gasteiger partial charge in [-0.1, -0.05) is 23.7 Å². The molecule has 20 heavy (non-hydrogen) atoms. The molecule has 0 aromatic heterocycles. The van der Waals surface area contributed by atoms with Gasteiger partial charge >= 0.3 is 0 Å². The summed E-state index contributed by atoms with van der Waals surface area (Å²) in [6, 6.07) is 8.10. The molecule has 0 saturated carbocycles. The predicted molar refractivity (Wildman–Crippen MR) is 81.4 cm³/mol. The van der Waals surface area contributed by atoms with Crippen molar-refractivity contribution < 1.29 is 4.79 Å². The van der Waals surface area contributed by atoms with Crippen LogP contribution in [-0.4, -0.2) is 30.4 Å². The Morgan fingerprint density at radius 2 is 1.90 bits per heavy atom. The second-order valence-electron chi connectivity index (χ2n) is 5.45. The third-order valence-electron chi connectivity index (χ3n) is 4.06. The Bertz CT molecular complexity index is 441. The number of amides is 1. The van der Waals surface area contributed by atoms with Gasteiger partial charge in [-0.15, -0.1) is 0 Å². The lowest BCUT2D eigenvalue weighted by atomic mass is 9.91. The number of carbonyl (C=O) groups excluding carboxylic acids is 1. The summed E-state index contributed by atoms with van der Waals surface area (Å²) < 4.78 is 0. The molecule has 4 N–H and O–H groups in total. The molecule has 0 spiro atoms. The first-order valence-corrected chi connectivity index (χ1v) is 7.46. The lowest BCUT2D eigenvalue weighted by molar-refractivity contribution is -0.119. The van der Waals surface area contributed by atoms with Crippen molar-refractivity contribution in [1.82, 2.24) is 4.90 Å². The highest BCUT2D eigenvalue weighted by Gasteiger charge is 2.26. The third-order valence-corrected chi connectivity index (χ3v) is 4.31. The first-order valence-electron chi connectivity index (χ1n) is 7.08. The van der Waals surface area contributed by atoms with E-state index in [1.807, 2.05) is 24.3 Å². The zero-order chi connectivity index (χ0) is 14.5. The van der Waals surface area contributed by atoms with Crippen molar-refractivity contribution in [3.8, 4) is 0 Å². The highest BCUT2D eigenvalue weighted by molar-refractivity contribution is 6.30. The number of primary amides is 1. The Hall–Kier alpha value is -1.10. The Labute approximate surface area is 125 Å². The molecule has 110 valence electrons. The summed E-state index contributed by atoms with van der Waals surface area (Å²) in [6.45, 7) is 2.51. The molecule has 1 aromatic carbocycles. The van der Waals surface area contributed by atoms with E-state index in [1.54, 1.807) is 0 Å². The van der Waals surface area contributed by atoms with E-state index in [1.165, 1.54) is 5.56 Å². The fourth-order valence-corrected chi connectivity index (χ4v) is 3.06. The number of nitrogens with zero attached hydrogens (tertiary/aromatic N) is 1. The average molecular weight is 296 g/mol. The number of carbonyl (C=O) groups is 1. The molecule has 1 aliphatic heterocycles. The molecular formula is C15H22ClN3O. The van der Waals surface area contributed by atoms with Gasteiger partial charge in [0.1, 0.15) is 0 Å². The molecule has 0 radical (unpaired) electrons. The first-order chi connectivity index (χ1) is 9.60. The summed E-state index contributed by atoms with van der Waals surface area (Å²) in [4.78, 5) is 13.4. The summed E-state index contributed by atoms with van der Waals surface area (Å²) in [5.41, 5.74) is 12.4. The predicted octanol–water partition coefficient (Wildman–Crippen LogP) is 1.93. The molecule has 5 heteroatoms. The van der Waals surface area contributed by atoms with Gasteiger partial charge in [0.25, 0.3) is 0 Å². The van der Waals surface area contributed by atoms with E-state index in [2.05, 4.69) is 4.90 Å². The van der Waals surface area contributed by atoms with E-state index < -0.39 is 0 Å². The highest BCUT2D eigenvalue weighted by atomic mass is 35.5. The number of piperidine rings is 1. The van der Waals surface area contributed by atoms with Gasteiger partial charge in [0.05, 0.1) is 0 Å². The van der Waals surface area contributed by atoms with Gasteiger partial charge in [0, 0.05) is 24.0 Å². The van der Waals surface area contributed by atoms with Crippen LogP contribution in [0.2, 0.25) is 5.02 Å². The molecule has 2 rings (SSSR count). The average Bonchev–Trinajstić information content (AvgIpc) is 2.43. The van der Waals surface area contributed by atoms with Gasteiger partial charge < -0.3 is 11.5 Å². The first kappa shape index (κ1) is 15.3. The van der Waals surface area contributed by atoms with Crippen LogP contribution in [0.4, 0.5) is 0 Å². The third kappa shape index (κ3) is 3.95. The molecule has 1 aromatic rings. The largest absolute Gasteiger partial charge is 0.370 e. The van der Waals surface area contributed by atoms with Crippen LogP contribution in [0, 0.1) is 5.92 Å². The Morgan fingerprint density at radius 1 is 1.30 bits per heavy atom. The number of rotatable bonds is 5. The summed E-state index contributed by atoms with van der Waals surface area (Å²) >= 11 is 5.92. The summed E-state index contributed by atoms with van der Waals surface area (Å²) in [5.74, 6) is 0.226. The minimum absolute atomic E-state index is 0.198. The smallest absolute Gasteiger partial charge is 0.217 e. The van der Waals surface area contributed by atoms with Gasteiger partial charge in [-0.05, 0) is 49.5 Å². The molecule has 0 aliphatic carbocycles.